The number of para-hydroxylation sites is 1. The number of benzene rings is 2. The van der Waals surface area contributed by atoms with Crippen LogP contribution in [0.3, 0.4) is 0 Å². The number of hydrogen-bond donors (Lipinski definition) is 1. The summed E-state index contributed by atoms with van der Waals surface area (Å²) in [7, 11) is 0. The first-order valence-corrected chi connectivity index (χ1v) is 10.4. The summed E-state index contributed by atoms with van der Waals surface area (Å²) in [6.45, 7) is 2.38. The Bertz CT molecular complexity index is 857. The van der Waals surface area contributed by atoms with Gasteiger partial charge in [-0.2, -0.15) is 0 Å². The molecule has 0 saturated heterocycles. The van der Waals surface area contributed by atoms with Crippen molar-refractivity contribution in [1.29, 1.82) is 0 Å². The minimum atomic E-state index is -0.747. The van der Waals surface area contributed by atoms with Crippen molar-refractivity contribution in [3.05, 3.63) is 59.9 Å². The van der Waals surface area contributed by atoms with E-state index in [1.54, 1.807) is 25.1 Å². The predicted octanol–water partition coefficient (Wildman–Crippen LogP) is 5.28. The molecule has 0 radical (unpaired) electrons. The molecule has 2 atom stereocenters. The number of rotatable bonds is 9. The van der Waals surface area contributed by atoms with Gasteiger partial charge in [-0.15, -0.1) is 0 Å². The maximum absolute atomic E-state index is 13.7. The summed E-state index contributed by atoms with van der Waals surface area (Å²) in [5, 5.41) is 9.46. The van der Waals surface area contributed by atoms with Crippen molar-refractivity contribution in [2.24, 2.45) is 17.8 Å². The van der Waals surface area contributed by atoms with E-state index in [-0.39, 0.29) is 17.8 Å². The van der Waals surface area contributed by atoms with Crippen LogP contribution in [-0.4, -0.2) is 23.8 Å². The van der Waals surface area contributed by atoms with E-state index in [4.69, 9.17) is 9.47 Å². The molecule has 0 aromatic heterocycles. The summed E-state index contributed by atoms with van der Waals surface area (Å²) >= 11 is 0. The molecule has 2 aromatic rings. The van der Waals surface area contributed by atoms with E-state index in [9.17, 15) is 14.3 Å². The third-order valence-corrected chi connectivity index (χ3v) is 6.11. The zero-order valence-electron chi connectivity index (χ0n) is 16.6. The number of hydrogen-bond acceptors (Lipinski definition) is 3. The predicted molar refractivity (Wildman–Crippen MR) is 108 cm³/mol. The summed E-state index contributed by atoms with van der Waals surface area (Å²) in [5.41, 5.74) is 1.05. The molecule has 0 spiro atoms. The summed E-state index contributed by atoms with van der Waals surface area (Å²) < 4.78 is 25.4. The van der Waals surface area contributed by atoms with Crippen molar-refractivity contribution in [3.8, 4) is 11.5 Å². The number of carboxylic acid groups (broad SMARTS) is 1. The zero-order chi connectivity index (χ0) is 20.4. The fraction of sp³-hybridized carbons (Fsp3) is 0.458. The molecule has 2 fully saturated rings. The van der Waals surface area contributed by atoms with Gasteiger partial charge >= 0.3 is 5.97 Å². The van der Waals surface area contributed by atoms with Crippen molar-refractivity contribution in [2.75, 3.05) is 6.61 Å². The Balaban J connectivity index is 1.29. The first-order valence-electron chi connectivity index (χ1n) is 10.4. The van der Waals surface area contributed by atoms with Gasteiger partial charge in [0, 0.05) is 0 Å². The van der Waals surface area contributed by atoms with E-state index in [0.717, 1.165) is 37.0 Å². The van der Waals surface area contributed by atoms with Gasteiger partial charge in [-0.05, 0) is 73.3 Å². The monoisotopic (exact) mass is 398 g/mol. The van der Waals surface area contributed by atoms with Crippen LogP contribution in [0.25, 0.3) is 0 Å². The van der Waals surface area contributed by atoms with Gasteiger partial charge in [0.25, 0.3) is 0 Å². The maximum Gasteiger partial charge on any atom is 0.306 e. The highest BCUT2D eigenvalue weighted by molar-refractivity contribution is 5.71. The normalized spacial score (nSPS) is 23.0. The van der Waals surface area contributed by atoms with E-state index in [2.05, 4.69) is 0 Å². The lowest BCUT2D eigenvalue weighted by Gasteiger charge is -2.35. The molecule has 4 nitrogen and oxygen atoms in total. The van der Waals surface area contributed by atoms with Gasteiger partial charge in [0.2, 0.25) is 0 Å². The fourth-order valence-electron chi connectivity index (χ4n) is 4.23. The van der Waals surface area contributed by atoms with Crippen LogP contribution in [0.15, 0.2) is 48.5 Å². The third kappa shape index (κ3) is 4.72. The Hall–Kier alpha value is -2.56. The average molecular weight is 398 g/mol. The molecule has 5 heteroatoms. The second-order valence-electron chi connectivity index (χ2n) is 8.38. The molecule has 29 heavy (non-hydrogen) atoms. The van der Waals surface area contributed by atoms with Crippen molar-refractivity contribution in [1.82, 2.24) is 0 Å². The third-order valence-electron chi connectivity index (χ3n) is 6.11. The Morgan fingerprint density at radius 1 is 1.17 bits per heavy atom. The largest absolute Gasteiger partial charge is 0.493 e. The standard InChI is InChI=1S/C24H27FO4/c1-15(24(26)27)23(17-9-10-17)18-5-4-6-19(13-18)28-14-16-11-20(12-16)29-22-8-3-2-7-21(22)25/h2-8,13,15-17,20,23H,9-12,14H2,1H3,(H,26,27)/t15-,16?,20?,23-/m0/s1. The number of aliphatic carboxylic acids is 1. The lowest BCUT2D eigenvalue weighted by Crippen LogP contribution is -2.37. The molecule has 154 valence electrons. The molecule has 2 aliphatic rings. The minimum absolute atomic E-state index is 0.0301. The van der Waals surface area contributed by atoms with Gasteiger partial charge in [0.05, 0.1) is 18.6 Å². The fourth-order valence-corrected chi connectivity index (χ4v) is 4.23. The van der Waals surface area contributed by atoms with Gasteiger partial charge in [-0.3, -0.25) is 4.79 Å². The summed E-state index contributed by atoms with van der Waals surface area (Å²) in [4.78, 5) is 11.5. The minimum Gasteiger partial charge on any atom is -0.493 e. The number of carbonyl (C=O) groups is 1. The topological polar surface area (TPSA) is 55.8 Å². The maximum atomic E-state index is 13.7. The van der Waals surface area contributed by atoms with Gasteiger partial charge in [0.1, 0.15) is 5.75 Å². The van der Waals surface area contributed by atoms with E-state index in [0.29, 0.717) is 24.2 Å². The van der Waals surface area contributed by atoms with Crippen LogP contribution in [-0.2, 0) is 4.79 Å². The van der Waals surface area contributed by atoms with E-state index in [1.807, 2.05) is 24.3 Å². The summed E-state index contributed by atoms with van der Waals surface area (Å²) in [5.74, 6) is 0.492. The molecule has 1 N–H and O–H groups in total. The quantitative estimate of drug-likeness (QED) is 0.625. The van der Waals surface area contributed by atoms with Crippen molar-refractivity contribution >= 4 is 5.97 Å². The number of carboxylic acids is 1. The van der Waals surface area contributed by atoms with Crippen LogP contribution in [0.5, 0.6) is 11.5 Å². The Morgan fingerprint density at radius 3 is 2.62 bits per heavy atom. The van der Waals surface area contributed by atoms with Crippen molar-refractivity contribution < 1.29 is 23.8 Å². The Labute approximate surface area is 170 Å². The van der Waals surface area contributed by atoms with Gasteiger partial charge < -0.3 is 14.6 Å². The Kier molecular flexibility index (Phi) is 5.74. The van der Waals surface area contributed by atoms with Gasteiger partial charge in [0.15, 0.2) is 11.6 Å². The molecular formula is C24H27FO4. The molecule has 2 aliphatic carbocycles. The molecule has 4 rings (SSSR count). The van der Waals surface area contributed by atoms with Crippen LogP contribution in [0.1, 0.15) is 44.1 Å². The molecule has 2 saturated carbocycles. The smallest absolute Gasteiger partial charge is 0.306 e. The first kappa shape index (κ1) is 19.7. The van der Waals surface area contributed by atoms with Crippen molar-refractivity contribution in [3.63, 3.8) is 0 Å². The second-order valence-corrected chi connectivity index (χ2v) is 8.38. The van der Waals surface area contributed by atoms with Crippen LogP contribution < -0.4 is 9.47 Å². The summed E-state index contributed by atoms with van der Waals surface area (Å²) in [6.07, 6.45) is 3.91. The molecule has 2 aromatic carbocycles. The zero-order valence-corrected chi connectivity index (χ0v) is 16.6. The highest BCUT2D eigenvalue weighted by Crippen LogP contribution is 2.47. The van der Waals surface area contributed by atoms with Crippen molar-refractivity contribution in [2.45, 2.75) is 44.6 Å². The lowest BCUT2D eigenvalue weighted by molar-refractivity contribution is -0.142. The first-order chi connectivity index (χ1) is 14.0. The van der Waals surface area contributed by atoms with Crippen LogP contribution in [0, 0.1) is 23.6 Å². The van der Waals surface area contributed by atoms with Crippen LogP contribution in [0.2, 0.25) is 0 Å². The lowest BCUT2D eigenvalue weighted by atomic mass is 9.82. The van der Waals surface area contributed by atoms with Crippen LogP contribution >= 0.6 is 0 Å². The molecule has 0 bridgehead atoms. The number of halogens is 1. The molecule has 0 aliphatic heterocycles. The second kappa shape index (κ2) is 8.44. The van der Waals surface area contributed by atoms with E-state index >= 15 is 0 Å². The molecular weight excluding hydrogens is 371 g/mol. The van der Waals surface area contributed by atoms with E-state index < -0.39 is 11.9 Å². The average Bonchev–Trinajstić information content (AvgIpc) is 3.50. The van der Waals surface area contributed by atoms with Gasteiger partial charge in [-0.25, -0.2) is 4.39 Å². The highest BCUT2D eigenvalue weighted by Gasteiger charge is 2.38. The number of ether oxygens (including phenoxy) is 2. The Morgan fingerprint density at radius 2 is 1.93 bits per heavy atom. The SMILES string of the molecule is C[C@H](C(=O)O)[C@H](c1cccc(OCC2CC(Oc3ccccc3F)C2)c1)C1CC1. The summed E-state index contributed by atoms with van der Waals surface area (Å²) in [6, 6.07) is 14.3. The highest BCUT2D eigenvalue weighted by atomic mass is 19.1. The molecule has 0 unspecified atom stereocenters. The van der Waals surface area contributed by atoms with Crippen LogP contribution in [0.4, 0.5) is 4.39 Å². The molecule has 0 heterocycles. The van der Waals surface area contributed by atoms with Gasteiger partial charge in [-0.1, -0.05) is 31.2 Å². The molecule has 0 amide bonds. The van der Waals surface area contributed by atoms with E-state index in [1.165, 1.54) is 6.07 Å².